The minimum atomic E-state index is -0.537. The molecule has 0 saturated carbocycles. The number of hydrogen-bond donors (Lipinski definition) is 0. The summed E-state index contributed by atoms with van der Waals surface area (Å²) in [5.41, 5.74) is 1.45. The van der Waals surface area contributed by atoms with Crippen LogP contribution in [0.4, 0.5) is 10.6 Å². The molecule has 103 valence electrons. The smallest absolute Gasteiger partial charge is 0.385 e. The number of aromatic nitrogens is 1. The molecule has 0 spiro atoms. The number of pyridine rings is 1. The Morgan fingerprint density at radius 2 is 2.00 bits per heavy atom. The zero-order chi connectivity index (χ0) is 13.9. The molecule has 4 nitrogen and oxygen atoms in total. The molecule has 0 bridgehead atoms. The number of carbonyl (C=O) groups is 1. The summed E-state index contributed by atoms with van der Waals surface area (Å²) in [6, 6.07) is 3.81. The number of nitrogens with zero attached hydrogens (tertiary/aromatic N) is 2. The molecule has 0 aliphatic carbocycles. The van der Waals surface area contributed by atoms with Gasteiger partial charge in [-0.15, -0.1) is 0 Å². The van der Waals surface area contributed by atoms with E-state index in [2.05, 4.69) is 12.0 Å². The standard InChI is InChI=1S/C14H21N2O2.Y/c1-7-11-8-10(2)9-12(15-11)16(6)13(17)18-14(3,4)5;/h8-9H,6-7H2,1-5H3;/q-1;. The molecule has 0 fully saturated rings. The van der Waals surface area contributed by atoms with E-state index in [4.69, 9.17) is 4.74 Å². The van der Waals surface area contributed by atoms with E-state index in [-0.39, 0.29) is 32.7 Å². The molecule has 1 heterocycles. The van der Waals surface area contributed by atoms with Crippen molar-refractivity contribution in [3.63, 3.8) is 0 Å². The molecule has 19 heavy (non-hydrogen) atoms. The number of rotatable bonds is 2. The van der Waals surface area contributed by atoms with Crippen LogP contribution >= 0.6 is 0 Å². The van der Waals surface area contributed by atoms with Crippen LogP contribution in [0.2, 0.25) is 0 Å². The normalized spacial score (nSPS) is 10.6. The van der Waals surface area contributed by atoms with E-state index < -0.39 is 11.7 Å². The van der Waals surface area contributed by atoms with E-state index in [1.807, 2.05) is 46.8 Å². The van der Waals surface area contributed by atoms with Gasteiger partial charge in [-0.3, -0.25) is 0 Å². The van der Waals surface area contributed by atoms with Crippen molar-refractivity contribution in [2.24, 2.45) is 0 Å². The molecule has 1 amide bonds. The fraction of sp³-hybridized carbons (Fsp3) is 0.500. The van der Waals surface area contributed by atoms with Gasteiger partial charge in [-0.1, -0.05) is 6.92 Å². The van der Waals surface area contributed by atoms with Crippen molar-refractivity contribution in [1.29, 1.82) is 0 Å². The molecule has 1 aromatic rings. The Hall–Kier alpha value is -0.476. The molecular formula is C14H21N2O2Y-. The van der Waals surface area contributed by atoms with Crippen LogP contribution in [0, 0.1) is 14.0 Å². The van der Waals surface area contributed by atoms with Gasteiger partial charge in [0.2, 0.25) is 0 Å². The van der Waals surface area contributed by atoms with Gasteiger partial charge in [-0.05, 0) is 51.8 Å². The van der Waals surface area contributed by atoms with Gasteiger partial charge in [0.25, 0.3) is 0 Å². The molecule has 1 radical (unpaired) electrons. The van der Waals surface area contributed by atoms with E-state index in [1.54, 1.807) is 0 Å². The van der Waals surface area contributed by atoms with E-state index in [0.717, 1.165) is 17.7 Å². The monoisotopic (exact) mass is 338 g/mol. The molecule has 5 heteroatoms. The second-order valence-electron chi connectivity index (χ2n) is 5.26. The first-order chi connectivity index (χ1) is 8.23. The summed E-state index contributed by atoms with van der Waals surface area (Å²) in [6.45, 7) is 9.44. The quantitative estimate of drug-likeness (QED) is 0.776. The van der Waals surface area contributed by atoms with Crippen molar-refractivity contribution in [1.82, 2.24) is 4.98 Å². The van der Waals surface area contributed by atoms with Gasteiger partial charge < -0.3 is 9.64 Å². The van der Waals surface area contributed by atoms with Crippen LogP contribution in [0.3, 0.4) is 0 Å². The topological polar surface area (TPSA) is 42.4 Å². The molecule has 0 aromatic carbocycles. The molecule has 0 aliphatic rings. The Balaban J connectivity index is 0.00000324. The molecule has 0 unspecified atom stereocenters. The number of ether oxygens (including phenoxy) is 1. The second-order valence-corrected chi connectivity index (χ2v) is 5.26. The van der Waals surface area contributed by atoms with Crippen LogP contribution < -0.4 is 4.90 Å². The number of carbonyl (C=O) groups excluding carboxylic acids is 1. The zero-order valence-corrected chi connectivity index (χ0v) is 15.2. The third kappa shape index (κ3) is 6.00. The third-order valence-corrected chi connectivity index (χ3v) is 2.26. The minimum Gasteiger partial charge on any atom is -0.445 e. The first-order valence-corrected chi connectivity index (χ1v) is 6.04. The summed E-state index contributed by atoms with van der Waals surface area (Å²) in [6.07, 6.45) is 0.319. The van der Waals surface area contributed by atoms with Crippen molar-refractivity contribution in [3.05, 3.63) is 30.4 Å². The first kappa shape index (κ1) is 18.5. The maximum absolute atomic E-state index is 11.9. The molecule has 1 rings (SSSR count). The summed E-state index contributed by atoms with van der Waals surface area (Å²) in [7, 11) is 3.71. The van der Waals surface area contributed by atoms with Crippen molar-refractivity contribution >= 4 is 11.9 Å². The average molecular weight is 338 g/mol. The molecule has 0 N–H and O–H groups in total. The molecule has 0 atom stereocenters. The van der Waals surface area contributed by atoms with E-state index in [0.29, 0.717) is 5.82 Å². The summed E-state index contributed by atoms with van der Waals surface area (Å²) in [4.78, 5) is 17.4. The minimum absolute atomic E-state index is 0. The summed E-state index contributed by atoms with van der Waals surface area (Å²) in [5, 5.41) is 0. The van der Waals surface area contributed by atoms with Crippen molar-refractivity contribution in [2.75, 3.05) is 4.90 Å². The van der Waals surface area contributed by atoms with E-state index in [9.17, 15) is 4.79 Å². The summed E-state index contributed by atoms with van der Waals surface area (Å²) in [5.74, 6) is 0.515. The van der Waals surface area contributed by atoms with Crippen LogP contribution in [0.15, 0.2) is 12.1 Å². The molecule has 0 saturated heterocycles. The van der Waals surface area contributed by atoms with Gasteiger partial charge in [0.15, 0.2) is 0 Å². The summed E-state index contributed by atoms with van der Waals surface area (Å²) < 4.78 is 5.25. The summed E-state index contributed by atoms with van der Waals surface area (Å²) >= 11 is 0. The van der Waals surface area contributed by atoms with Crippen LogP contribution in [-0.2, 0) is 43.9 Å². The predicted molar refractivity (Wildman–Crippen MR) is 72.4 cm³/mol. The molecule has 0 aliphatic heterocycles. The Morgan fingerprint density at radius 1 is 1.42 bits per heavy atom. The second kappa shape index (κ2) is 7.34. The predicted octanol–water partition coefficient (Wildman–Crippen LogP) is 3.48. The van der Waals surface area contributed by atoms with Gasteiger partial charge in [-0.25, -0.2) is 16.8 Å². The Morgan fingerprint density at radius 3 is 2.47 bits per heavy atom. The van der Waals surface area contributed by atoms with Gasteiger partial charge in [0.1, 0.15) is 11.4 Å². The molecular weight excluding hydrogens is 317 g/mol. The fourth-order valence-electron chi connectivity index (χ4n) is 1.45. The first-order valence-electron chi connectivity index (χ1n) is 6.04. The van der Waals surface area contributed by atoms with E-state index in [1.165, 1.54) is 4.90 Å². The van der Waals surface area contributed by atoms with Gasteiger partial charge in [-0.2, -0.15) is 0 Å². The van der Waals surface area contributed by atoms with Crippen molar-refractivity contribution in [2.45, 2.75) is 46.6 Å². The Kier molecular flexibility index (Phi) is 7.16. The van der Waals surface area contributed by atoms with Crippen LogP contribution in [0.5, 0.6) is 0 Å². The number of hydrogen-bond acceptors (Lipinski definition) is 3. The maximum Gasteiger partial charge on any atom is 0.385 e. The average Bonchev–Trinajstić information content (AvgIpc) is 2.24. The number of amides is 1. The number of anilines is 1. The Labute approximate surface area is 140 Å². The fourth-order valence-corrected chi connectivity index (χ4v) is 1.45. The SMILES string of the molecule is [CH2-]N(C(=O)OC(C)(C)C)c1cc(C)cc(CC)n1.[Y]. The molecule has 1 aromatic heterocycles. The largest absolute Gasteiger partial charge is 0.445 e. The van der Waals surface area contributed by atoms with Crippen LogP contribution in [0.1, 0.15) is 39.0 Å². The zero-order valence-electron chi connectivity index (χ0n) is 12.4. The number of aryl methyl sites for hydroxylation is 2. The van der Waals surface area contributed by atoms with Gasteiger partial charge in [0.05, 0.1) is 0 Å². The van der Waals surface area contributed by atoms with E-state index >= 15 is 0 Å². The Bertz CT molecular complexity index is 442. The third-order valence-electron chi connectivity index (χ3n) is 2.26. The van der Waals surface area contributed by atoms with Crippen molar-refractivity contribution in [3.8, 4) is 0 Å². The van der Waals surface area contributed by atoms with Crippen LogP contribution in [-0.4, -0.2) is 16.7 Å². The maximum atomic E-state index is 11.9. The van der Waals surface area contributed by atoms with Crippen LogP contribution in [0.25, 0.3) is 0 Å². The van der Waals surface area contributed by atoms with Crippen molar-refractivity contribution < 1.29 is 42.2 Å². The van der Waals surface area contributed by atoms with Gasteiger partial charge in [0, 0.05) is 38.4 Å². The van der Waals surface area contributed by atoms with Gasteiger partial charge >= 0.3 is 6.09 Å².